The van der Waals surface area contributed by atoms with Crippen molar-refractivity contribution in [3.8, 4) is 11.8 Å². The first kappa shape index (κ1) is 19.9. The normalized spacial score (nSPS) is 14.2. The zero-order valence-corrected chi connectivity index (χ0v) is 16.8. The van der Waals surface area contributed by atoms with Crippen molar-refractivity contribution in [3.05, 3.63) is 58.6 Å². The molecule has 1 aliphatic heterocycles. The van der Waals surface area contributed by atoms with Crippen LogP contribution in [0.4, 0.5) is 5.69 Å². The summed E-state index contributed by atoms with van der Waals surface area (Å²) in [5.41, 5.74) is 1.29. The molecule has 3 rings (SSSR count). The fraction of sp³-hybridized carbons (Fsp3) is 0.286. The number of amides is 2. The summed E-state index contributed by atoms with van der Waals surface area (Å²) in [7, 11) is 0. The van der Waals surface area contributed by atoms with Crippen LogP contribution in [-0.4, -0.2) is 36.4 Å². The maximum absolute atomic E-state index is 12.6. The Bertz CT molecular complexity index is 885. The zero-order chi connectivity index (χ0) is 19.9. The number of hydrogen-bond donors (Lipinski definition) is 1. The SMILES string of the molecule is N#CCOc1cccc(NC(=O)C2CCN(C(=O)c3ccc(Br)cc3)CC2)c1. The summed E-state index contributed by atoms with van der Waals surface area (Å²) < 4.78 is 6.19. The molecule has 0 bridgehead atoms. The fourth-order valence-electron chi connectivity index (χ4n) is 3.14. The lowest BCUT2D eigenvalue weighted by atomic mass is 9.95. The molecule has 0 spiro atoms. The third kappa shape index (κ3) is 5.11. The highest BCUT2D eigenvalue weighted by Crippen LogP contribution is 2.23. The van der Waals surface area contributed by atoms with Gasteiger partial charge < -0.3 is 15.0 Å². The lowest BCUT2D eigenvalue weighted by molar-refractivity contribution is -0.121. The largest absolute Gasteiger partial charge is 0.479 e. The van der Waals surface area contributed by atoms with E-state index >= 15 is 0 Å². The van der Waals surface area contributed by atoms with Crippen molar-refractivity contribution >= 4 is 33.4 Å². The Morgan fingerprint density at radius 1 is 1.18 bits per heavy atom. The summed E-state index contributed by atoms with van der Waals surface area (Å²) in [6, 6.07) is 16.2. The standard InChI is InChI=1S/C21H20BrN3O3/c22-17-6-4-16(5-7-17)21(27)25-11-8-15(9-12-25)20(26)24-18-2-1-3-19(14-18)28-13-10-23/h1-7,14-15H,8-9,11-13H2,(H,24,26). The number of carbonyl (C=O) groups is 2. The molecular formula is C21H20BrN3O3. The second-order valence-electron chi connectivity index (χ2n) is 6.54. The van der Waals surface area contributed by atoms with Gasteiger partial charge in [0.25, 0.3) is 5.91 Å². The number of nitrogens with zero attached hydrogens (tertiary/aromatic N) is 2. The Labute approximate surface area is 172 Å². The van der Waals surface area contributed by atoms with Crippen molar-refractivity contribution in [1.29, 1.82) is 5.26 Å². The van der Waals surface area contributed by atoms with E-state index in [1.807, 2.05) is 18.2 Å². The van der Waals surface area contributed by atoms with E-state index in [1.54, 1.807) is 41.3 Å². The molecule has 1 saturated heterocycles. The number of nitrogens with one attached hydrogen (secondary N) is 1. The third-order valence-electron chi connectivity index (χ3n) is 4.65. The number of nitriles is 1. The molecule has 0 aliphatic carbocycles. The van der Waals surface area contributed by atoms with E-state index < -0.39 is 0 Å². The molecule has 0 atom stereocenters. The molecule has 2 aromatic rings. The number of hydrogen-bond acceptors (Lipinski definition) is 4. The molecule has 1 N–H and O–H groups in total. The zero-order valence-electron chi connectivity index (χ0n) is 15.2. The molecular weight excluding hydrogens is 422 g/mol. The molecule has 7 heteroatoms. The predicted octanol–water partition coefficient (Wildman–Crippen LogP) is 3.84. The van der Waals surface area contributed by atoms with Gasteiger partial charge in [0.05, 0.1) is 0 Å². The summed E-state index contributed by atoms with van der Waals surface area (Å²) >= 11 is 3.37. The number of likely N-dealkylation sites (tertiary alicyclic amines) is 1. The summed E-state index contributed by atoms with van der Waals surface area (Å²) in [6.07, 6.45) is 1.25. The van der Waals surface area contributed by atoms with E-state index in [2.05, 4.69) is 21.2 Å². The second kappa shape index (κ2) is 9.38. The van der Waals surface area contributed by atoms with Crippen LogP contribution in [0, 0.1) is 17.2 Å². The topological polar surface area (TPSA) is 82.4 Å². The van der Waals surface area contributed by atoms with E-state index in [9.17, 15) is 9.59 Å². The molecule has 6 nitrogen and oxygen atoms in total. The van der Waals surface area contributed by atoms with Crippen LogP contribution in [0.1, 0.15) is 23.2 Å². The van der Waals surface area contributed by atoms with Gasteiger partial charge in [-0.2, -0.15) is 5.26 Å². The van der Waals surface area contributed by atoms with Crippen LogP contribution in [0.25, 0.3) is 0 Å². The number of rotatable bonds is 5. The summed E-state index contributed by atoms with van der Waals surface area (Å²) in [6.45, 7) is 1.07. The van der Waals surface area contributed by atoms with Crippen LogP contribution in [0.5, 0.6) is 5.75 Å². The van der Waals surface area contributed by atoms with Crippen molar-refractivity contribution in [3.63, 3.8) is 0 Å². The monoisotopic (exact) mass is 441 g/mol. The van der Waals surface area contributed by atoms with E-state index in [1.165, 1.54) is 0 Å². The first-order valence-electron chi connectivity index (χ1n) is 9.02. The summed E-state index contributed by atoms with van der Waals surface area (Å²) in [5, 5.41) is 11.5. The Morgan fingerprint density at radius 2 is 1.89 bits per heavy atom. The van der Waals surface area contributed by atoms with Crippen LogP contribution in [-0.2, 0) is 4.79 Å². The lowest BCUT2D eigenvalue weighted by Gasteiger charge is -2.31. The number of ether oxygens (including phenoxy) is 1. The van der Waals surface area contributed by atoms with Crippen molar-refractivity contribution in [1.82, 2.24) is 4.90 Å². The molecule has 0 aromatic heterocycles. The quantitative estimate of drug-likeness (QED) is 0.763. The smallest absolute Gasteiger partial charge is 0.253 e. The van der Waals surface area contributed by atoms with Crippen LogP contribution in [0.3, 0.4) is 0 Å². The number of halogens is 1. The number of carbonyl (C=O) groups excluding carboxylic acids is 2. The predicted molar refractivity (Wildman–Crippen MR) is 109 cm³/mol. The van der Waals surface area contributed by atoms with Gasteiger partial charge in [-0.3, -0.25) is 9.59 Å². The van der Waals surface area contributed by atoms with Gasteiger partial charge >= 0.3 is 0 Å². The van der Waals surface area contributed by atoms with E-state index in [0.29, 0.717) is 42.9 Å². The molecule has 0 unspecified atom stereocenters. The van der Waals surface area contributed by atoms with Crippen molar-refractivity contribution in [2.45, 2.75) is 12.8 Å². The molecule has 1 aliphatic rings. The van der Waals surface area contributed by atoms with Gasteiger partial charge in [0, 0.05) is 40.8 Å². The van der Waals surface area contributed by atoms with Gasteiger partial charge in [-0.25, -0.2) is 0 Å². The van der Waals surface area contributed by atoms with Crippen LogP contribution in [0.2, 0.25) is 0 Å². The van der Waals surface area contributed by atoms with Crippen LogP contribution < -0.4 is 10.1 Å². The molecule has 144 valence electrons. The van der Waals surface area contributed by atoms with Crippen molar-refractivity contribution in [2.75, 3.05) is 25.0 Å². The first-order chi connectivity index (χ1) is 13.6. The van der Waals surface area contributed by atoms with Gasteiger partial charge in [0.15, 0.2) is 6.61 Å². The van der Waals surface area contributed by atoms with Gasteiger partial charge in [0.1, 0.15) is 11.8 Å². The minimum Gasteiger partial charge on any atom is -0.479 e. The molecule has 0 saturated carbocycles. The average molecular weight is 442 g/mol. The van der Waals surface area contributed by atoms with Crippen LogP contribution >= 0.6 is 15.9 Å². The second-order valence-corrected chi connectivity index (χ2v) is 7.45. The molecule has 1 heterocycles. The number of piperidine rings is 1. The minimum absolute atomic E-state index is 0.00583. The van der Waals surface area contributed by atoms with E-state index in [4.69, 9.17) is 10.00 Å². The Kier molecular flexibility index (Phi) is 6.66. The Hall–Kier alpha value is -2.85. The molecule has 28 heavy (non-hydrogen) atoms. The average Bonchev–Trinajstić information content (AvgIpc) is 2.72. The Balaban J connectivity index is 1.53. The molecule has 2 amide bonds. The van der Waals surface area contributed by atoms with Crippen molar-refractivity contribution < 1.29 is 14.3 Å². The minimum atomic E-state index is -0.141. The van der Waals surface area contributed by atoms with E-state index in [0.717, 1.165) is 4.47 Å². The molecule has 1 fully saturated rings. The highest BCUT2D eigenvalue weighted by molar-refractivity contribution is 9.10. The fourth-order valence-corrected chi connectivity index (χ4v) is 3.41. The summed E-state index contributed by atoms with van der Waals surface area (Å²) in [5.74, 6) is 0.328. The number of benzene rings is 2. The van der Waals surface area contributed by atoms with Gasteiger partial charge in [-0.15, -0.1) is 0 Å². The van der Waals surface area contributed by atoms with Gasteiger partial charge in [-0.1, -0.05) is 22.0 Å². The third-order valence-corrected chi connectivity index (χ3v) is 5.18. The maximum Gasteiger partial charge on any atom is 0.253 e. The number of anilines is 1. The van der Waals surface area contributed by atoms with E-state index in [-0.39, 0.29) is 24.3 Å². The van der Waals surface area contributed by atoms with Gasteiger partial charge in [-0.05, 0) is 49.2 Å². The highest BCUT2D eigenvalue weighted by atomic mass is 79.9. The first-order valence-corrected chi connectivity index (χ1v) is 9.81. The maximum atomic E-state index is 12.6. The molecule has 2 aromatic carbocycles. The van der Waals surface area contributed by atoms with Gasteiger partial charge in [0.2, 0.25) is 5.91 Å². The van der Waals surface area contributed by atoms with Crippen LogP contribution in [0.15, 0.2) is 53.0 Å². The summed E-state index contributed by atoms with van der Waals surface area (Å²) in [4.78, 5) is 26.9. The lowest BCUT2D eigenvalue weighted by Crippen LogP contribution is -2.41. The highest BCUT2D eigenvalue weighted by Gasteiger charge is 2.27. The van der Waals surface area contributed by atoms with Crippen molar-refractivity contribution in [2.24, 2.45) is 5.92 Å². The molecule has 0 radical (unpaired) electrons. The Morgan fingerprint density at radius 3 is 2.57 bits per heavy atom.